The van der Waals surface area contributed by atoms with Crippen LogP contribution in [-0.2, 0) is 19.5 Å². The van der Waals surface area contributed by atoms with Crippen molar-refractivity contribution in [3.05, 3.63) is 62.6 Å². The lowest BCUT2D eigenvalue weighted by molar-refractivity contribution is 0.0762. The summed E-state index contributed by atoms with van der Waals surface area (Å²) >= 11 is 1.38. The van der Waals surface area contributed by atoms with Crippen molar-refractivity contribution in [2.45, 2.75) is 33.4 Å². The molecule has 4 rings (SSSR count). The number of carbonyl (C=O) groups excluding carboxylic acids is 2. The molecule has 162 valence electrons. The number of aromatic nitrogens is 4. The highest BCUT2D eigenvalue weighted by Crippen LogP contribution is 2.21. The van der Waals surface area contributed by atoms with E-state index in [1.54, 1.807) is 4.90 Å². The molecule has 31 heavy (non-hydrogen) atoms. The molecule has 1 aliphatic heterocycles. The van der Waals surface area contributed by atoms with Gasteiger partial charge in [-0.15, -0.1) is 21.5 Å². The van der Waals surface area contributed by atoms with Crippen LogP contribution in [0.1, 0.15) is 42.4 Å². The SMILES string of the molecule is Cc1nc(C)c(C(=O)N2CCc3nnc(CNC(=O)c4c(F)cccc4F)n3CC2)s1. The average molecular weight is 446 g/mol. The standard InChI is InChI=1S/C20H20F2N6O2S/c1-11-18(31-12(2)24-11)20(30)27-7-6-15-25-26-16(28(15)9-8-27)10-23-19(29)17-13(21)4-3-5-14(17)22/h3-5H,6-10H2,1-2H3,(H,23,29). The predicted octanol–water partition coefficient (Wildman–Crippen LogP) is 2.26. The zero-order valence-electron chi connectivity index (χ0n) is 17.0. The molecule has 0 bridgehead atoms. The number of rotatable bonds is 4. The summed E-state index contributed by atoms with van der Waals surface area (Å²) in [6.07, 6.45) is 0.505. The predicted molar refractivity (Wildman–Crippen MR) is 109 cm³/mol. The number of carbonyl (C=O) groups is 2. The number of nitrogens with zero attached hydrogens (tertiary/aromatic N) is 5. The molecule has 3 heterocycles. The van der Waals surface area contributed by atoms with E-state index in [4.69, 9.17) is 0 Å². The lowest BCUT2D eigenvalue weighted by Crippen LogP contribution is -2.34. The van der Waals surface area contributed by atoms with Crippen molar-refractivity contribution in [2.24, 2.45) is 0 Å². The Kier molecular flexibility index (Phi) is 5.77. The van der Waals surface area contributed by atoms with E-state index in [1.807, 2.05) is 18.4 Å². The fraction of sp³-hybridized carbons (Fsp3) is 0.350. The van der Waals surface area contributed by atoms with Crippen molar-refractivity contribution >= 4 is 23.2 Å². The number of hydrogen-bond donors (Lipinski definition) is 1. The van der Waals surface area contributed by atoms with Crippen LogP contribution in [0.25, 0.3) is 0 Å². The van der Waals surface area contributed by atoms with Crippen LogP contribution in [0.15, 0.2) is 18.2 Å². The molecule has 0 spiro atoms. The Labute approximate surface area is 180 Å². The summed E-state index contributed by atoms with van der Waals surface area (Å²) in [5, 5.41) is 11.6. The second kappa shape index (κ2) is 8.50. The second-order valence-electron chi connectivity index (χ2n) is 7.15. The fourth-order valence-corrected chi connectivity index (χ4v) is 4.44. The zero-order chi connectivity index (χ0) is 22.1. The highest BCUT2D eigenvalue weighted by molar-refractivity contribution is 7.13. The van der Waals surface area contributed by atoms with Crippen LogP contribution in [0.2, 0.25) is 0 Å². The largest absolute Gasteiger partial charge is 0.345 e. The van der Waals surface area contributed by atoms with Gasteiger partial charge in [-0.25, -0.2) is 13.8 Å². The first-order chi connectivity index (χ1) is 14.8. The summed E-state index contributed by atoms with van der Waals surface area (Å²) in [6, 6.07) is 3.25. The molecule has 8 nitrogen and oxygen atoms in total. The molecular formula is C20H20F2N6O2S. The second-order valence-corrected chi connectivity index (χ2v) is 8.36. The molecule has 2 amide bonds. The number of thiazole rings is 1. The van der Waals surface area contributed by atoms with Crippen LogP contribution in [0.5, 0.6) is 0 Å². The highest BCUT2D eigenvalue weighted by atomic mass is 32.1. The number of amides is 2. The van der Waals surface area contributed by atoms with Gasteiger partial charge in [0.25, 0.3) is 11.8 Å². The highest BCUT2D eigenvalue weighted by Gasteiger charge is 2.25. The van der Waals surface area contributed by atoms with Crippen LogP contribution in [0, 0.1) is 25.5 Å². The van der Waals surface area contributed by atoms with Gasteiger partial charge in [0, 0.05) is 26.1 Å². The minimum Gasteiger partial charge on any atom is -0.345 e. The van der Waals surface area contributed by atoms with Gasteiger partial charge in [0.2, 0.25) is 0 Å². The molecular weight excluding hydrogens is 426 g/mol. The van der Waals surface area contributed by atoms with E-state index in [1.165, 1.54) is 17.4 Å². The molecule has 1 aliphatic rings. The number of aryl methyl sites for hydroxylation is 2. The number of hydrogen-bond acceptors (Lipinski definition) is 6. The summed E-state index contributed by atoms with van der Waals surface area (Å²) in [4.78, 5) is 31.9. The van der Waals surface area contributed by atoms with Crippen molar-refractivity contribution in [3.63, 3.8) is 0 Å². The first-order valence-electron chi connectivity index (χ1n) is 9.71. The third-order valence-electron chi connectivity index (χ3n) is 5.08. The van der Waals surface area contributed by atoms with Crippen molar-refractivity contribution in [1.82, 2.24) is 30.0 Å². The van der Waals surface area contributed by atoms with E-state index in [-0.39, 0.29) is 12.5 Å². The van der Waals surface area contributed by atoms with Crippen LogP contribution in [0.4, 0.5) is 8.78 Å². The van der Waals surface area contributed by atoms with Gasteiger partial charge < -0.3 is 14.8 Å². The molecule has 11 heteroatoms. The van der Waals surface area contributed by atoms with Crippen molar-refractivity contribution < 1.29 is 18.4 Å². The normalized spacial score (nSPS) is 13.6. The lowest BCUT2D eigenvalue weighted by atomic mass is 10.2. The van der Waals surface area contributed by atoms with Gasteiger partial charge in [-0.1, -0.05) is 6.07 Å². The van der Waals surface area contributed by atoms with Crippen molar-refractivity contribution in [2.75, 3.05) is 13.1 Å². The maximum Gasteiger partial charge on any atom is 0.265 e. The number of fused-ring (bicyclic) bond motifs is 1. The quantitative estimate of drug-likeness (QED) is 0.664. The Balaban J connectivity index is 1.44. The Morgan fingerprint density at radius 1 is 1.13 bits per heavy atom. The van der Waals surface area contributed by atoms with Gasteiger partial charge in [-0.3, -0.25) is 9.59 Å². The zero-order valence-corrected chi connectivity index (χ0v) is 17.8. The number of benzene rings is 1. The van der Waals surface area contributed by atoms with Crippen LogP contribution in [0.3, 0.4) is 0 Å². The molecule has 0 aliphatic carbocycles. The average Bonchev–Trinajstić information content (AvgIpc) is 3.19. The smallest absolute Gasteiger partial charge is 0.265 e. The maximum atomic E-state index is 13.8. The van der Waals surface area contributed by atoms with Crippen molar-refractivity contribution in [3.8, 4) is 0 Å². The van der Waals surface area contributed by atoms with E-state index in [9.17, 15) is 18.4 Å². The van der Waals surface area contributed by atoms with Gasteiger partial charge in [0.1, 0.15) is 27.9 Å². The minimum absolute atomic E-state index is 0.0410. The van der Waals surface area contributed by atoms with E-state index in [0.717, 1.165) is 22.8 Å². The van der Waals surface area contributed by atoms with Crippen LogP contribution < -0.4 is 5.32 Å². The Morgan fingerprint density at radius 2 is 1.87 bits per heavy atom. The molecule has 0 unspecified atom stereocenters. The molecule has 0 atom stereocenters. The topological polar surface area (TPSA) is 93.0 Å². The summed E-state index contributed by atoms with van der Waals surface area (Å²) in [5.74, 6) is -1.64. The van der Waals surface area contributed by atoms with E-state index < -0.39 is 23.1 Å². The molecule has 2 aromatic heterocycles. The molecule has 0 saturated carbocycles. The van der Waals surface area contributed by atoms with Crippen molar-refractivity contribution in [1.29, 1.82) is 0 Å². The van der Waals surface area contributed by atoms with Crippen LogP contribution >= 0.6 is 11.3 Å². The molecule has 1 N–H and O–H groups in total. The minimum atomic E-state index is -0.930. The summed E-state index contributed by atoms with van der Waals surface area (Å²) < 4.78 is 29.4. The molecule has 3 aromatic rings. The monoisotopic (exact) mass is 446 g/mol. The van der Waals surface area contributed by atoms with E-state index in [0.29, 0.717) is 42.6 Å². The van der Waals surface area contributed by atoms with Gasteiger partial charge >= 0.3 is 0 Å². The maximum absolute atomic E-state index is 13.8. The first kappa shape index (κ1) is 21.0. The fourth-order valence-electron chi connectivity index (χ4n) is 3.55. The third-order valence-corrected chi connectivity index (χ3v) is 6.15. The molecule has 0 saturated heterocycles. The Bertz CT molecular complexity index is 1140. The lowest BCUT2D eigenvalue weighted by Gasteiger charge is -2.19. The first-order valence-corrected chi connectivity index (χ1v) is 10.5. The van der Waals surface area contributed by atoms with Gasteiger partial charge in [0.15, 0.2) is 5.82 Å². The summed E-state index contributed by atoms with van der Waals surface area (Å²) in [7, 11) is 0. The van der Waals surface area contributed by atoms with E-state index in [2.05, 4.69) is 20.5 Å². The molecule has 1 aromatic carbocycles. The van der Waals surface area contributed by atoms with E-state index >= 15 is 0 Å². The molecule has 0 radical (unpaired) electrons. The Hall–Kier alpha value is -3.21. The Morgan fingerprint density at radius 3 is 2.55 bits per heavy atom. The van der Waals surface area contributed by atoms with Crippen LogP contribution in [-0.4, -0.2) is 49.6 Å². The van der Waals surface area contributed by atoms with Gasteiger partial charge in [0.05, 0.1) is 17.2 Å². The van der Waals surface area contributed by atoms with Gasteiger partial charge in [-0.05, 0) is 26.0 Å². The summed E-state index contributed by atoms with van der Waals surface area (Å²) in [5.41, 5.74) is 0.0880. The number of halogens is 2. The van der Waals surface area contributed by atoms with Gasteiger partial charge in [-0.2, -0.15) is 0 Å². The third kappa shape index (κ3) is 4.18. The summed E-state index contributed by atoms with van der Waals surface area (Å²) in [6.45, 7) is 5.03. The number of nitrogens with one attached hydrogen (secondary N) is 1. The molecule has 0 fully saturated rings.